The molecular formula is C13H20N4O3S. The van der Waals surface area contributed by atoms with Crippen molar-refractivity contribution in [2.24, 2.45) is 5.92 Å². The number of aromatic nitrogens is 2. The van der Waals surface area contributed by atoms with Crippen LogP contribution in [0.25, 0.3) is 0 Å². The van der Waals surface area contributed by atoms with E-state index in [1.165, 1.54) is 6.20 Å². The van der Waals surface area contributed by atoms with E-state index in [0.717, 1.165) is 11.8 Å². The smallest absolute Gasteiger partial charge is 0.343 e. The Morgan fingerprint density at radius 2 is 2.19 bits per heavy atom. The van der Waals surface area contributed by atoms with Crippen LogP contribution in [0.15, 0.2) is 11.4 Å². The second kappa shape index (κ2) is 8.46. The Bertz CT molecular complexity index is 508. The van der Waals surface area contributed by atoms with Gasteiger partial charge in [0, 0.05) is 12.7 Å². The van der Waals surface area contributed by atoms with Crippen LogP contribution in [0.1, 0.15) is 31.1 Å². The van der Waals surface area contributed by atoms with Crippen LogP contribution < -0.4 is 11.1 Å². The zero-order valence-corrected chi connectivity index (χ0v) is 13.2. The number of amides is 1. The minimum Gasteiger partial charge on any atom is -0.462 e. The number of thioether (sulfide) groups is 1. The van der Waals surface area contributed by atoms with E-state index in [0.29, 0.717) is 17.6 Å². The minimum atomic E-state index is -0.554. The highest BCUT2D eigenvalue weighted by Crippen LogP contribution is 2.16. The van der Waals surface area contributed by atoms with Crippen LogP contribution in [0.3, 0.4) is 0 Å². The fraction of sp³-hybridized carbons (Fsp3) is 0.538. The SMILES string of the molecule is CCOC(=O)c1cnc(SCC(=O)NCC(C)C)nc1N. The Balaban J connectivity index is 2.56. The van der Waals surface area contributed by atoms with Gasteiger partial charge in [0.1, 0.15) is 11.4 Å². The summed E-state index contributed by atoms with van der Waals surface area (Å²) in [7, 11) is 0. The number of anilines is 1. The van der Waals surface area contributed by atoms with Gasteiger partial charge in [-0.25, -0.2) is 14.8 Å². The molecule has 0 saturated heterocycles. The maximum absolute atomic E-state index is 11.6. The summed E-state index contributed by atoms with van der Waals surface area (Å²) in [6, 6.07) is 0. The molecule has 0 atom stereocenters. The summed E-state index contributed by atoms with van der Waals surface area (Å²) in [6.45, 7) is 6.63. The molecule has 0 fully saturated rings. The van der Waals surface area contributed by atoms with Gasteiger partial charge in [0.2, 0.25) is 5.91 Å². The van der Waals surface area contributed by atoms with Gasteiger partial charge < -0.3 is 15.8 Å². The van der Waals surface area contributed by atoms with Crippen molar-refractivity contribution in [2.45, 2.75) is 25.9 Å². The summed E-state index contributed by atoms with van der Waals surface area (Å²) in [5.41, 5.74) is 5.82. The van der Waals surface area contributed by atoms with Crippen molar-refractivity contribution in [3.05, 3.63) is 11.8 Å². The Morgan fingerprint density at radius 1 is 1.48 bits per heavy atom. The molecule has 1 rings (SSSR count). The second-order valence-electron chi connectivity index (χ2n) is 4.66. The first-order valence-electron chi connectivity index (χ1n) is 6.63. The standard InChI is InChI=1S/C13H20N4O3S/c1-4-20-12(19)9-6-16-13(17-11(9)14)21-7-10(18)15-5-8(2)3/h6,8H,4-5,7H2,1-3H3,(H,15,18)(H2,14,16,17). The van der Waals surface area contributed by atoms with Gasteiger partial charge in [0.05, 0.1) is 12.4 Å². The summed E-state index contributed by atoms with van der Waals surface area (Å²) in [6.07, 6.45) is 1.31. The average Bonchev–Trinajstić information content (AvgIpc) is 2.43. The van der Waals surface area contributed by atoms with Crippen LogP contribution in [-0.4, -0.2) is 40.7 Å². The van der Waals surface area contributed by atoms with E-state index >= 15 is 0 Å². The number of esters is 1. The van der Waals surface area contributed by atoms with E-state index < -0.39 is 5.97 Å². The highest BCUT2D eigenvalue weighted by molar-refractivity contribution is 7.99. The molecule has 1 aromatic rings. The summed E-state index contributed by atoms with van der Waals surface area (Å²) < 4.78 is 4.83. The number of nitrogens with two attached hydrogens (primary N) is 1. The second-order valence-corrected chi connectivity index (χ2v) is 5.60. The number of carbonyl (C=O) groups is 2. The Morgan fingerprint density at radius 3 is 2.76 bits per heavy atom. The molecule has 0 saturated carbocycles. The van der Waals surface area contributed by atoms with E-state index in [1.54, 1.807) is 6.92 Å². The first kappa shape index (κ1) is 17.2. The average molecular weight is 312 g/mol. The number of nitrogens with zero attached hydrogens (tertiary/aromatic N) is 2. The number of hydrogen-bond acceptors (Lipinski definition) is 7. The van der Waals surface area contributed by atoms with E-state index in [1.807, 2.05) is 13.8 Å². The lowest BCUT2D eigenvalue weighted by Gasteiger charge is -2.08. The summed E-state index contributed by atoms with van der Waals surface area (Å²) in [5, 5.41) is 3.14. The molecule has 0 aliphatic rings. The van der Waals surface area contributed by atoms with Crippen molar-refractivity contribution in [1.82, 2.24) is 15.3 Å². The number of nitrogen functional groups attached to an aromatic ring is 1. The molecule has 7 nitrogen and oxygen atoms in total. The third-order valence-electron chi connectivity index (χ3n) is 2.33. The lowest BCUT2D eigenvalue weighted by Crippen LogP contribution is -2.28. The van der Waals surface area contributed by atoms with Crippen LogP contribution in [-0.2, 0) is 9.53 Å². The van der Waals surface area contributed by atoms with Gasteiger partial charge in [-0.15, -0.1) is 0 Å². The van der Waals surface area contributed by atoms with E-state index in [2.05, 4.69) is 15.3 Å². The Labute approximate surface area is 128 Å². The molecule has 1 amide bonds. The first-order chi connectivity index (χ1) is 9.93. The van der Waals surface area contributed by atoms with E-state index in [-0.39, 0.29) is 29.6 Å². The molecule has 0 unspecified atom stereocenters. The van der Waals surface area contributed by atoms with Gasteiger partial charge in [-0.2, -0.15) is 0 Å². The minimum absolute atomic E-state index is 0.0496. The highest BCUT2D eigenvalue weighted by Gasteiger charge is 2.14. The lowest BCUT2D eigenvalue weighted by atomic mass is 10.2. The highest BCUT2D eigenvalue weighted by atomic mass is 32.2. The molecule has 3 N–H and O–H groups in total. The zero-order chi connectivity index (χ0) is 15.8. The van der Waals surface area contributed by atoms with Gasteiger partial charge in [-0.3, -0.25) is 4.79 Å². The molecule has 0 aliphatic carbocycles. The van der Waals surface area contributed by atoms with Crippen LogP contribution in [0, 0.1) is 5.92 Å². The lowest BCUT2D eigenvalue weighted by molar-refractivity contribution is -0.118. The molecular weight excluding hydrogens is 292 g/mol. The maximum atomic E-state index is 11.6. The summed E-state index contributed by atoms with van der Waals surface area (Å²) >= 11 is 1.16. The normalized spacial score (nSPS) is 10.5. The molecule has 8 heteroatoms. The molecule has 0 aliphatic heterocycles. The van der Waals surface area contributed by atoms with E-state index in [9.17, 15) is 9.59 Å². The van der Waals surface area contributed by atoms with Crippen molar-refractivity contribution in [3.8, 4) is 0 Å². The Hall–Kier alpha value is -1.83. The van der Waals surface area contributed by atoms with Gasteiger partial charge in [-0.1, -0.05) is 25.6 Å². The van der Waals surface area contributed by atoms with Crippen LogP contribution in [0.4, 0.5) is 5.82 Å². The van der Waals surface area contributed by atoms with Crippen LogP contribution in [0.2, 0.25) is 0 Å². The topological polar surface area (TPSA) is 107 Å². The maximum Gasteiger partial charge on any atom is 0.343 e. The van der Waals surface area contributed by atoms with Crippen LogP contribution in [0.5, 0.6) is 0 Å². The molecule has 0 radical (unpaired) electrons. The third-order valence-corrected chi connectivity index (χ3v) is 3.19. The van der Waals surface area contributed by atoms with Crippen molar-refractivity contribution in [3.63, 3.8) is 0 Å². The molecule has 0 spiro atoms. The van der Waals surface area contributed by atoms with Crippen LogP contribution >= 0.6 is 11.8 Å². The summed E-state index contributed by atoms with van der Waals surface area (Å²) in [4.78, 5) is 31.1. The molecule has 21 heavy (non-hydrogen) atoms. The summed E-state index contributed by atoms with van der Waals surface area (Å²) in [5.74, 6) is 0.0000701. The van der Waals surface area contributed by atoms with Crippen molar-refractivity contribution in [1.29, 1.82) is 0 Å². The molecule has 0 aromatic carbocycles. The monoisotopic (exact) mass is 312 g/mol. The number of rotatable bonds is 7. The van der Waals surface area contributed by atoms with Crippen molar-refractivity contribution in [2.75, 3.05) is 24.6 Å². The van der Waals surface area contributed by atoms with Gasteiger partial charge >= 0.3 is 5.97 Å². The predicted octanol–water partition coefficient (Wildman–Crippen LogP) is 1.10. The van der Waals surface area contributed by atoms with Gasteiger partial charge in [-0.05, 0) is 12.8 Å². The zero-order valence-electron chi connectivity index (χ0n) is 12.4. The molecule has 116 valence electrons. The van der Waals surface area contributed by atoms with Crippen molar-refractivity contribution >= 4 is 29.5 Å². The number of nitrogens with one attached hydrogen (secondary N) is 1. The Kier molecular flexibility index (Phi) is 6.93. The number of ether oxygens (including phenoxy) is 1. The fourth-order valence-corrected chi connectivity index (χ4v) is 1.97. The quantitative estimate of drug-likeness (QED) is 0.441. The largest absolute Gasteiger partial charge is 0.462 e. The first-order valence-corrected chi connectivity index (χ1v) is 7.61. The number of hydrogen-bond donors (Lipinski definition) is 2. The third kappa shape index (κ3) is 5.99. The van der Waals surface area contributed by atoms with Gasteiger partial charge in [0.15, 0.2) is 5.16 Å². The number of carbonyl (C=O) groups excluding carboxylic acids is 2. The fourth-order valence-electron chi connectivity index (χ4n) is 1.31. The van der Waals surface area contributed by atoms with E-state index in [4.69, 9.17) is 10.5 Å². The predicted molar refractivity (Wildman–Crippen MR) is 81.0 cm³/mol. The van der Waals surface area contributed by atoms with Crippen molar-refractivity contribution < 1.29 is 14.3 Å². The molecule has 1 heterocycles. The molecule has 0 bridgehead atoms. The van der Waals surface area contributed by atoms with Gasteiger partial charge in [0.25, 0.3) is 0 Å². The molecule has 1 aromatic heterocycles.